The van der Waals surface area contributed by atoms with E-state index in [1.807, 2.05) is 20.2 Å². The summed E-state index contributed by atoms with van der Waals surface area (Å²) < 4.78 is 0. The van der Waals surface area contributed by atoms with Crippen molar-refractivity contribution < 1.29 is 0 Å². The first-order valence-corrected chi connectivity index (χ1v) is 9.84. The van der Waals surface area contributed by atoms with E-state index < -0.39 is 0 Å². The molecule has 0 spiro atoms. The minimum absolute atomic E-state index is 0. The van der Waals surface area contributed by atoms with Gasteiger partial charge < -0.3 is 15.5 Å². The Balaban J connectivity index is 0.00000243. The lowest BCUT2D eigenvalue weighted by Gasteiger charge is -2.21. The van der Waals surface area contributed by atoms with Crippen LogP contribution in [-0.4, -0.2) is 55.1 Å². The topological polar surface area (TPSA) is 52.6 Å². The zero-order valence-electron chi connectivity index (χ0n) is 16.2. The van der Waals surface area contributed by atoms with Crippen LogP contribution in [-0.2, 0) is 6.42 Å². The first-order valence-electron chi connectivity index (χ1n) is 9.84. The predicted molar refractivity (Wildman–Crippen MR) is 119 cm³/mol. The Morgan fingerprint density at radius 2 is 2.08 bits per heavy atom. The van der Waals surface area contributed by atoms with Crippen molar-refractivity contribution in [1.82, 2.24) is 20.5 Å². The quantitative estimate of drug-likeness (QED) is 0.381. The third-order valence-electron chi connectivity index (χ3n) is 5.51. The summed E-state index contributed by atoms with van der Waals surface area (Å²) in [5, 5.41) is 7.04. The highest BCUT2D eigenvalue weighted by molar-refractivity contribution is 14.0. The molecule has 2 N–H and O–H groups in total. The molecule has 0 radical (unpaired) electrons. The lowest BCUT2D eigenvalue weighted by Crippen LogP contribution is -2.45. The minimum Gasteiger partial charge on any atom is -0.356 e. The number of aliphatic imine (C=N–C) groups is 1. The molecule has 6 heteroatoms. The summed E-state index contributed by atoms with van der Waals surface area (Å²) >= 11 is 0. The molecule has 1 saturated heterocycles. The average Bonchev–Trinajstić information content (AvgIpc) is 3.28. The monoisotopic (exact) mass is 471 g/mol. The molecule has 1 aliphatic carbocycles. The Kier molecular flexibility index (Phi) is 9.11. The van der Waals surface area contributed by atoms with E-state index in [4.69, 9.17) is 0 Å². The van der Waals surface area contributed by atoms with E-state index >= 15 is 0 Å². The SMILES string of the molecule is CN=C(NCCc1ccc(C)nc1)NC1CCN(CC2CCCC2)C1.I. The molecule has 1 unspecified atom stereocenters. The molecule has 2 aliphatic rings. The Morgan fingerprint density at radius 1 is 1.27 bits per heavy atom. The number of hydrogen-bond acceptors (Lipinski definition) is 3. The number of rotatable bonds is 6. The van der Waals surface area contributed by atoms with E-state index in [1.165, 1.54) is 50.8 Å². The summed E-state index contributed by atoms with van der Waals surface area (Å²) in [6.07, 6.45) is 9.89. The van der Waals surface area contributed by atoms with Crippen molar-refractivity contribution in [2.75, 3.05) is 33.2 Å². The zero-order valence-corrected chi connectivity index (χ0v) is 18.5. The third-order valence-corrected chi connectivity index (χ3v) is 5.51. The largest absolute Gasteiger partial charge is 0.356 e. The second-order valence-electron chi connectivity index (χ2n) is 7.60. The maximum atomic E-state index is 4.39. The Morgan fingerprint density at radius 3 is 2.77 bits per heavy atom. The molecule has 1 atom stereocenters. The van der Waals surface area contributed by atoms with Crippen molar-refractivity contribution >= 4 is 29.9 Å². The molecule has 1 saturated carbocycles. The van der Waals surface area contributed by atoms with Gasteiger partial charge in [0.2, 0.25) is 0 Å². The minimum atomic E-state index is 0. The van der Waals surface area contributed by atoms with Crippen LogP contribution in [0.1, 0.15) is 43.4 Å². The van der Waals surface area contributed by atoms with Crippen LogP contribution in [0, 0.1) is 12.8 Å². The van der Waals surface area contributed by atoms with E-state index in [0.29, 0.717) is 6.04 Å². The molecule has 3 rings (SSSR count). The number of pyridine rings is 1. The van der Waals surface area contributed by atoms with Gasteiger partial charge in [-0.15, -0.1) is 24.0 Å². The van der Waals surface area contributed by atoms with Crippen molar-refractivity contribution in [3.63, 3.8) is 0 Å². The smallest absolute Gasteiger partial charge is 0.191 e. The van der Waals surface area contributed by atoms with Gasteiger partial charge in [0, 0.05) is 51.2 Å². The molecule has 0 amide bonds. The highest BCUT2D eigenvalue weighted by Gasteiger charge is 2.26. The van der Waals surface area contributed by atoms with Crippen LogP contribution in [0.25, 0.3) is 0 Å². The van der Waals surface area contributed by atoms with Gasteiger partial charge in [-0.1, -0.05) is 18.9 Å². The fourth-order valence-corrected chi connectivity index (χ4v) is 4.03. The molecular weight excluding hydrogens is 437 g/mol. The van der Waals surface area contributed by atoms with Gasteiger partial charge in [0.25, 0.3) is 0 Å². The summed E-state index contributed by atoms with van der Waals surface area (Å²) in [4.78, 5) is 11.4. The number of aryl methyl sites for hydroxylation is 1. The molecule has 1 aliphatic heterocycles. The fraction of sp³-hybridized carbons (Fsp3) is 0.700. The van der Waals surface area contributed by atoms with Crippen LogP contribution in [0.4, 0.5) is 0 Å². The molecular formula is C20H34IN5. The summed E-state index contributed by atoms with van der Waals surface area (Å²) in [5.74, 6) is 1.87. The second kappa shape index (κ2) is 11.1. The summed E-state index contributed by atoms with van der Waals surface area (Å²) in [6.45, 7) is 6.57. The standard InChI is InChI=1S/C20H33N5.HI/c1-16-7-8-17(13-23-16)9-11-22-20(21-2)24-19-10-12-25(15-19)14-18-5-3-4-6-18;/h7-8,13,18-19H,3-6,9-12,14-15H2,1-2H3,(H2,21,22,24);1H. The van der Waals surface area contributed by atoms with Crippen LogP contribution < -0.4 is 10.6 Å². The van der Waals surface area contributed by atoms with Gasteiger partial charge in [0.15, 0.2) is 5.96 Å². The maximum absolute atomic E-state index is 4.39. The lowest BCUT2D eigenvalue weighted by molar-refractivity contribution is 0.275. The molecule has 0 aromatic carbocycles. The number of aromatic nitrogens is 1. The zero-order chi connectivity index (χ0) is 17.5. The molecule has 1 aromatic heterocycles. The molecule has 2 fully saturated rings. The molecule has 0 bridgehead atoms. The van der Waals surface area contributed by atoms with E-state index in [1.54, 1.807) is 0 Å². The van der Waals surface area contributed by atoms with Crippen LogP contribution in [0.3, 0.4) is 0 Å². The average molecular weight is 471 g/mol. The van der Waals surface area contributed by atoms with Crippen LogP contribution in [0.15, 0.2) is 23.3 Å². The van der Waals surface area contributed by atoms with Gasteiger partial charge in [0.05, 0.1) is 0 Å². The number of hydrogen-bond donors (Lipinski definition) is 2. The number of halogens is 1. The van der Waals surface area contributed by atoms with Crippen molar-refractivity contribution in [3.8, 4) is 0 Å². The molecule has 1 aromatic rings. The van der Waals surface area contributed by atoms with Crippen LogP contribution in [0.5, 0.6) is 0 Å². The maximum Gasteiger partial charge on any atom is 0.191 e. The van der Waals surface area contributed by atoms with Gasteiger partial charge in [-0.05, 0) is 50.2 Å². The first-order chi connectivity index (χ1) is 12.2. The van der Waals surface area contributed by atoms with Crippen molar-refractivity contribution in [2.45, 2.75) is 51.5 Å². The molecule has 146 valence electrons. The highest BCUT2D eigenvalue weighted by atomic mass is 127. The third kappa shape index (κ3) is 6.68. The number of guanidine groups is 1. The summed E-state index contributed by atoms with van der Waals surface area (Å²) in [6, 6.07) is 4.74. The number of nitrogens with one attached hydrogen (secondary N) is 2. The van der Waals surface area contributed by atoms with Crippen molar-refractivity contribution in [3.05, 3.63) is 29.6 Å². The molecule has 26 heavy (non-hydrogen) atoms. The van der Waals surface area contributed by atoms with E-state index in [2.05, 4.69) is 37.6 Å². The van der Waals surface area contributed by atoms with Gasteiger partial charge in [-0.25, -0.2) is 0 Å². The van der Waals surface area contributed by atoms with Crippen LogP contribution >= 0.6 is 24.0 Å². The highest BCUT2D eigenvalue weighted by Crippen LogP contribution is 2.26. The molecule has 5 nitrogen and oxygen atoms in total. The van der Waals surface area contributed by atoms with E-state index in [0.717, 1.165) is 37.1 Å². The fourth-order valence-electron chi connectivity index (χ4n) is 4.03. The first kappa shape index (κ1) is 21.4. The van der Waals surface area contributed by atoms with E-state index in [9.17, 15) is 0 Å². The normalized spacial score (nSPS) is 21.6. The Bertz CT molecular complexity index is 554. The van der Waals surface area contributed by atoms with Crippen molar-refractivity contribution in [2.24, 2.45) is 10.9 Å². The summed E-state index contributed by atoms with van der Waals surface area (Å²) in [5.41, 5.74) is 2.33. The Labute approximate surface area is 175 Å². The van der Waals surface area contributed by atoms with Gasteiger partial charge >= 0.3 is 0 Å². The van der Waals surface area contributed by atoms with Gasteiger partial charge in [-0.2, -0.15) is 0 Å². The Hall–Kier alpha value is -0.890. The number of likely N-dealkylation sites (tertiary alicyclic amines) is 1. The van der Waals surface area contributed by atoms with Crippen LogP contribution in [0.2, 0.25) is 0 Å². The lowest BCUT2D eigenvalue weighted by atomic mass is 10.1. The van der Waals surface area contributed by atoms with Crippen molar-refractivity contribution in [1.29, 1.82) is 0 Å². The number of nitrogens with zero attached hydrogens (tertiary/aromatic N) is 3. The van der Waals surface area contributed by atoms with Gasteiger partial charge in [-0.3, -0.25) is 9.98 Å². The second-order valence-corrected chi connectivity index (χ2v) is 7.60. The van der Waals surface area contributed by atoms with E-state index in [-0.39, 0.29) is 24.0 Å². The summed E-state index contributed by atoms with van der Waals surface area (Å²) in [7, 11) is 1.86. The predicted octanol–water partition coefficient (Wildman–Crippen LogP) is 2.98. The molecule has 2 heterocycles. The van der Waals surface area contributed by atoms with Gasteiger partial charge in [0.1, 0.15) is 0 Å².